The Morgan fingerprint density at radius 2 is 1.29 bits per heavy atom. The molecular formula is C24H16N2O2. The van der Waals surface area contributed by atoms with Crippen molar-refractivity contribution in [1.82, 2.24) is 0 Å². The van der Waals surface area contributed by atoms with Crippen LogP contribution in [0.4, 0.5) is 11.4 Å². The van der Waals surface area contributed by atoms with Gasteiger partial charge in [0.2, 0.25) is 0 Å². The van der Waals surface area contributed by atoms with E-state index in [2.05, 4.69) is 35.5 Å². The topological polar surface area (TPSA) is 46.4 Å². The van der Waals surface area contributed by atoms with Crippen molar-refractivity contribution in [3.05, 3.63) is 80.9 Å². The quantitative estimate of drug-likeness (QED) is 0.464. The number of nitrogens with zero attached hydrogens (tertiary/aromatic N) is 2. The highest BCUT2D eigenvalue weighted by Crippen LogP contribution is 2.13. The summed E-state index contributed by atoms with van der Waals surface area (Å²) < 4.78 is 0. The number of benzene rings is 2. The maximum atomic E-state index is 10.7. The lowest BCUT2D eigenvalue weighted by Gasteiger charge is -2.11. The van der Waals surface area contributed by atoms with Gasteiger partial charge >= 0.3 is 0 Å². The van der Waals surface area contributed by atoms with Crippen LogP contribution in [0.5, 0.6) is 0 Å². The normalized spacial score (nSPS) is 10.0. The van der Waals surface area contributed by atoms with Crippen LogP contribution in [0.25, 0.3) is 0 Å². The lowest BCUT2D eigenvalue weighted by atomic mass is 10.1. The van der Waals surface area contributed by atoms with Crippen molar-refractivity contribution in [2.24, 2.45) is 0 Å². The third kappa shape index (κ3) is 5.31. The average molecular weight is 364 g/mol. The first kappa shape index (κ1) is 19.9. The van der Waals surface area contributed by atoms with Gasteiger partial charge in [-0.2, -0.15) is 0 Å². The van der Waals surface area contributed by atoms with E-state index in [9.17, 15) is 10.1 Å². The summed E-state index contributed by atoms with van der Waals surface area (Å²) in [6, 6.07) is 13.6. The largest absolute Gasteiger partial charge is 0.378 e. The molecule has 0 N–H and O–H groups in total. The van der Waals surface area contributed by atoms with Crippen LogP contribution in [0.15, 0.2) is 59.7 Å². The predicted molar refractivity (Wildman–Crippen MR) is 112 cm³/mol. The number of anilines is 1. The molecule has 0 bridgehead atoms. The summed E-state index contributed by atoms with van der Waals surface area (Å²) >= 11 is 0. The fourth-order valence-electron chi connectivity index (χ4n) is 2.12. The molecule has 0 unspecified atom stereocenters. The van der Waals surface area contributed by atoms with E-state index < -0.39 is 4.92 Å². The van der Waals surface area contributed by atoms with Crippen LogP contribution < -0.4 is 4.90 Å². The highest BCUT2D eigenvalue weighted by molar-refractivity contribution is 5.62. The Morgan fingerprint density at radius 1 is 0.857 bits per heavy atom. The zero-order valence-corrected chi connectivity index (χ0v) is 15.5. The van der Waals surface area contributed by atoms with Crippen molar-refractivity contribution in [2.45, 2.75) is 0 Å². The number of nitro benzene ring substituents is 1. The Bertz CT molecular complexity index is 1120. The summed E-state index contributed by atoms with van der Waals surface area (Å²) in [5, 5.41) is 10.7. The molecule has 2 aromatic rings. The molecule has 0 atom stereocenters. The minimum atomic E-state index is -0.471. The van der Waals surface area contributed by atoms with Gasteiger partial charge in [-0.05, 0) is 36.4 Å². The van der Waals surface area contributed by atoms with E-state index in [1.54, 1.807) is 12.1 Å². The maximum absolute atomic E-state index is 10.7. The first-order chi connectivity index (χ1) is 13.4. The summed E-state index contributed by atoms with van der Waals surface area (Å²) in [5.74, 6) is 16.5. The number of non-ortho nitro benzene ring substituents is 1. The Hall–Kier alpha value is -4.38. The van der Waals surface area contributed by atoms with Crippen LogP contribution in [-0.2, 0) is 0 Å². The summed E-state index contributed by atoms with van der Waals surface area (Å²) in [7, 11) is 3.92. The van der Waals surface area contributed by atoms with Crippen LogP contribution in [0.2, 0.25) is 0 Å². The monoisotopic (exact) mass is 364 g/mol. The Morgan fingerprint density at radius 3 is 1.64 bits per heavy atom. The van der Waals surface area contributed by atoms with Crippen LogP contribution in [0, 0.1) is 58.5 Å². The summed E-state index contributed by atoms with van der Waals surface area (Å²) in [6.07, 6.45) is 11.1. The molecule has 0 saturated carbocycles. The Kier molecular flexibility index (Phi) is 6.66. The average Bonchev–Trinajstić information content (AvgIpc) is 2.71. The maximum Gasteiger partial charge on any atom is 0.269 e. The Labute approximate surface area is 165 Å². The van der Waals surface area contributed by atoms with E-state index in [-0.39, 0.29) is 5.69 Å². The van der Waals surface area contributed by atoms with Gasteiger partial charge in [0.1, 0.15) is 0 Å². The van der Waals surface area contributed by atoms with E-state index in [0.29, 0.717) is 16.7 Å². The van der Waals surface area contributed by atoms with Gasteiger partial charge in [-0.3, -0.25) is 10.1 Å². The molecule has 0 aliphatic heterocycles. The SMILES string of the molecule is C#C/C(C#Cc1ccc(N(C)C)cc1)=C(\C#C)C#Cc1ccc([N+](=O)[O-])cc1. The lowest BCUT2D eigenvalue weighted by Crippen LogP contribution is -2.07. The third-order valence-electron chi connectivity index (χ3n) is 3.66. The summed E-state index contributed by atoms with van der Waals surface area (Å²) in [6.45, 7) is 0. The fraction of sp³-hybridized carbons (Fsp3) is 0.0833. The van der Waals surface area contributed by atoms with Gasteiger partial charge in [-0.1, -0.05) is 35.5 Å². The number of allylic oxidation sites excluding steroid dienone is 2. The molecule has 0 aromatic heterocycles. The third-order valence-corrected chi connectivity index (χ3v) is 3.66. The molecule has 4 heteroatoms. The molecule has 0 radical (unpaired) electrons. The minimum absolute atomic E-state index is 0.00580. The molecule has 0 aliphatic carbocycles. The van der Waals surface area contributed by atoms with Gasteiger partial charge in [-0.25, -0.2) is 0 Å². The molecular weight excluding hydrogens is 348 g/mol. The molecule has 2 aromatic carbocycles. The van der Waals surface area contributed by atoms with E-state index in [1.165, 1.54) is 12.1 Å². The molecule has 0 saturated heterocycles. The van der Waals surface area contributed by atoms with Gasteiger partial charge in [0.25, 0.3) is 5.69 Å². The van der Waals surface area contributed by atoms with Gasteiger partial charge in [0.05, 0.1) is 16.1 Å². The van der Waals surface area contributed by atoms with Gasteiger partial charge < -0.3 is 4.90 Å². The second kappa shape index (κ2) is 9.35. The van der Waals surface area contributed by atoms with Crippen LogP contribution in [-0.4, -0.2) is 19.0 Å². The molecule has 0 aliphatic rings. The van der Waals surface area contributed by atoms with Crippen LogP contribution in [0.3, 0.4) is 0 Å². The smallest absolute Gasteiger partial charge is 0.269 e. The second-order valence-corrected chi connectivity index (χ2v) is 5.78. The molecule has 4 nitrogen and oxygen atoms in total. The number of nitro groups is 1. The number of rotatable bonds is 2. The van der Waals surface area contributed by atoms with Crippen molar-refractivity contribution in [3.63, 3.8) is 0 Å². The van der Waals surface area contributed by atoms with Gasteiger partial charge in [-0.15, -0.1) is 12.8 Å². The number of hydrogen-bond donors (Lipinski definition) is 0. The first-order valence-electron chi connectivity index (χ1n) is 8.18. The van der Waals surface area contributed by atoms with Crippen molar-refractivity contribution >= 4 is 11.4 Å². The van der Waals surface area contributed by atoms with Crippen LogP contribution >= 0.6 is 0 Å². The van der Waals surface area contributed by atoms with Crippen molar-refractivity contribution in [2.75, 3.05) is 19.0 Å². The van der Waals surface area contributed by atoms with Crippen LogP contribution in [0.1, 0.15) is 11.1 Å². The van der Waals surface area contributed by atoms with E-state index in [4.69, 9.17) is 12.8 Å². The Balaban J connectivity index is 2.30. The lowest BCUT2D eigenvalue weighted by molar-refractivity contribution is -0.384. The standard InChI is InChI=1S/C24H16N2O2/c1-5-21(13-7-19-9-15-23(16-10-19)25(3)4)22(6-2)14-8-20-11-17-24(18-12-20)26(27)28/h1-2,9-12,15-18H,3-4H3/b22-21-. The predicted octanol–water partition coefficient (Wildman–Crippen LogP) is 3.63. The highest BCUT2D eigenvalue weighted by Gasteiger charge is 2.02. The van der Waals surface area contributed by atoms with Crippen molar-refractivity contribution in [3.8, 4) is 48.4 Å². The highest BCUT2D eigenvalue weighted by atomic mass is 16.6. The molecule has 2 rings (SSSR count). The van der Waals surface area contributed by atoms with E-state index >= 15 is 0 Å². The summed E-state index contributed by atoms with van der Waals surface area (Å²) in [5.41, 5.74) is 3.05. The number of terminal acetylenes is 2. The van der Waals surface area contributed by atoms with Gasteiger partial charge in [0.15, 0.2) is 0 Å². The summed E-state index contributed by atoms with van der Waals surface area (Å²) in [4.78, 5) is 12.2. The number of hydrogen-bond acceptors (Lipinski definition) is 3. The zero-order valence-electron chi connectivity index (χ0n) is 15.5. The molecule has 134 valence electrons. The molecule has 0 amide bonds. The van der Waals surface area contributed by atoms with E-state index in [0.717, 1.165) is 11.3 Å². The van der Waals surface area contributed by atoms with Gasteiger partial charge in [0, 0.05) is 43.0 Å². The molecule has 0 spiro atoms. The first-order valence-corrected chi connectivity index (χ1v) is 8.18. The zero-order chi connectivity index (χ0) is 20.5. The second-order valence-electron chi connectivity index (χ2n) is 5.78. The minimum Gasteiger partial charge on any atom is -0.378 e. The molecule has 0 fully saturated rings. The fourth-order valence-corrected chi connectivity index (χ4v) is 2.12. The molecule has 0 heterocycles. The van der Waals surface area contributed by atoms with Crippen molar-refractivity contribution in [1.29, 1.82) is 0 Å². The molecule has 28 heavy (non-hydrogen) atoms. The van der Waals surface area contributed by atoms with E-state index in [1.807, 2.05) is 43.3 Å². The van der Waals surface area contributed by atoms with Crippen molar-refractivity contribution < 1.29 is 4.92 Å².